The number of benzene rings is 2. The molecule has 1 amide bonds. The summed E-state index contributed by atoms with van der Waals surface area (Å²) in [5, 5.41) is 2.99. The SMILES string of the molecule is CCOC1c2ccccc2CC1NC(=O)[C@@H](N)c1ccc(F)cc1. The van der Waals surface area contributed by atoms with E-state index in [4.69, 9.17) is 10.5 Å². The number of ether oxygens (including phenoxy) is 1. The summed E-state index contributed by atoms with van der Waals surface area (Å²) in [6.45, 7) is 2.50. The summed E-state index contributed by atoms with van der Waals surface area (Å²) in [5.74, 6) is -0.641. The Kier molecular flexibility index (Phi) is 4.92. The third-order valence-electron chi connectivity index (χ3n) is 4.35. The third-order valence-corrected chi connectivity index (χ3v) is 4.35. The molecule has 2 unspecified atom stereocenters. The van der Waals surface area contributed by atoms with Crippen molar-refractivity contribution in [1.29, 1.82) is 0 Å². The molecule has 0 saturated carbocycles. The molecular formula is C19H21FN2O2. The molecule has 24 heavy (non-hydrogen) atoms. The van der Waals surface area contributed by atoms with Gasteiger partial charge in [0.1, 0.15) is 18.0 Å². The molecule has 0 spiro atoms. The van der Waals surface area contributed by atoms with Crippen LogP contribution in [0.2, 0.25) is 0 Å². The number of carbonyl (C=O) groups is 1. The number of hydrogen-bond acceptors (Lipinski definition) is 3. The lowest BCUT2D eigenvalue weighted by Gasteiger charge is -2.23. The molecule has 5 heteroatoms. The highest BCUT2D eigenvalue weighted by atomic mass is 19.1. The number of nitrogens with one attached hydrogen (secondary N) is 1. The summed E-state index contributed by atoms with van der Waals surface area (Å²) in [7, 11) is 0. The molecule has 3 N–H and O–H groups in total. The van der Waals surface area contributed by atoms with Gasteiger partial charge in [0.05, 0.1) is 6.04 Å². The minimum absolute atomic E-state index is 0.152. The smallest absolute Gasteiger partial charge is 0.241 e. The topological polar surface area (TPSA) is 64.3 Å². The van der Waals surface area contributed by atoms with E-state index in [2.05, 4.69) is 5.32 Å². The van der Waals surface area contributed by atoms with Gasteiger partial charge in [-0.15, -0.1) is 0 Å². The number of halogens is 1. The molecule has 126 valence electrons. The molecule has 0 bridgehead atoms. The first-order chi connectivity index (χ1) is 11.6. The van der Waals surface area contributed by atoms with Crippen molar-refractivity contribution in [1.82, 2.24) is 5.32 Å². The van der Waals surface area contributed by atoms with E-state index in [-0.39, 0.29) is 23.9 Å². The minimum Gasteiger partial charge on any atom is -0.372 e. The van der Waals surface area contributed by atoms with Crippen LogP contribution in [0.4, 0.5) is 4.39 Å². The van der Waals surface area contributed by atoms with Gasteiger partial charge in [-0.3, -0.25) is 4.79 Å². The number of rotatable bonds is 5. The summed E-state index contributed by atoms with van der Waals surface area (Å²) >= 11 is 0. The van der Waals surface area contributed by atoms with Crippen molar-refractivity contribution in [2.75, 3.05) is 6.61 Å². The van der Waals surface area contributed by atoms with Gasteiger partial charge in [0.2, 0.25) is 5.91 Å². The lowest BCUT2D eigenvalue weighted by Crippen LogP contribution is -2.43. The van der Waals surface area contributed by atoms with Crippen molar-refractivity contribution in [3.63, 3.8) is 0 Å². The van der Waals surface area contributed by atoms with Crippen molar-refractivity contribution < 1.29 is 13.9 Å². The Bertz CT molecular complexity index is 718. The van der Waals surface area contributed by atoms with E-state index in [9.17, 15) is 9.18 Å². The van der Waals surface area contributed by atoms with Crippen LogP contribution in [-0.2, 0) is 16.0 Å². The summed E-state index contributed by atoms with van der Waals surface area (Å²) in [6.07, 6.45) is 0.540. The zero-order valence-electron chi connectivity index (χ0n) is 13.5. The van der Waals surface area contributed by atoms with E-state index < -0.39 is 6.04 Å². The largest absolute Gasteiger partial charge is 0.372 e. The van der Waals surface area contributed by atoms with Crippen LogP contribution in [0.1, 0.15) is 35.8 Å². The van der Waals surface area contributed by atoms with Crippen molar-refractivity contribution >= 4 is 5.91 Å². The Morgan fingerprint density at radius 2 is 2.00 bits per heavy atom. The number of hydrogen-bond donors (Lipinski definition) is 2. The first kappa shape index (κ1) is 16.6. The third kappa shape index (κ3) is 3.32. The lowest BCUT2D eigenvalue weighted by atomic mass is 10.1. The second-order valence-electron chi connectivity index (χ2n) is 5.92. The molecule has 3 rings (SSSR count). The lowest BCUT2D eigenvalue weighted by molar-refractivity contribution is -0.124. The summed E-state index contributed by atoms with van der Waals surface area (Å²) < 4.78 is 18.8. The molecule has 0 aromatic heterocycles. The van der Waals surface area contributed by atoms with Crippen molar-refractivity contribution in [3.8, 4) is 0 Å². The van der Waals surface area contributed by atoms with Gasteiger partial charge in [0.25, 0.3) is 0 Å². The monoisotopic (exact) mass is 328 g/mol. The minimum atomic E-state index is -0.836. The maximum absolute atomic E-state index is 13.0. The number of carbonyl (C=O) groups excluding carboxylic acids is 1. The molecule has 3 atom stereocenters. The average Bonchev–Trinajstić information content (AvgIpc) is 2.93. The van der Waals surface area contributed by atoms with Crippen molar-refractivity contribution in [2.45, 2.75) is 31.5 Å². The highest BCUT2D eigenvalue weighted by molar-refractivity contribution is 5.83. The molecule has 4 nitrogen and oxygen atoms in total. The zero-order chi connectivity index (χ0) is 17.1. The van der Waals surface area contributed by atoms with Gasteiger partial charge in [-0.1, -0.05) is 36.4 Å². The number of amides is 1. The molecule has 0 aliphatic heterocycles. The Labute approximate surface area is 140 Å². The fourth-order valence-electron chi connectivity index (χ4n) is 3.16. The predicted octanol–water partition coefficient (Wildman–Crippen LogP) is 2.64. The molecule has 1 aliphatic rings. The van der Waals surface area contributed by atoms with Gasteiger partial charge in [0, 0.05) is 6.61 Å². The van der Waals surface area contributed by atoms with Crippen LogP contribution in [0, 0.1) is 5.82 Å². The van der Waals surface area contributed by atoms with Crippen LogP contribution in [-0.4, -0.2) is 18.6 Å². The highest BCUT2D eigenvalue weighted by Crippen LogP contribution is 2.34. The molecule has 1 aliphatic carbocycles. The summed E-state index contributed by atoms with van der Waals surface area (Å²) in [6, 6.07) is 12.7. The summed E-state index contributed by atoms with van der Waals surface area (Å²) in [5.41, 5.74) is 8.89. The fourth-order valence-corrected chi connectivity index (χ4v) is 3.16. The van der Waals surface area contributed by atoms with Crippen LogP contribution in [0.5, 0.6) is 0 Å². The average molecular weight is 328 g/mol. The maximum Gasteiger partial charge on any atom is 0.241 e. The van der Waals surface area contributed by atoms with E-state index in [0.717, 1.165) is 5.56 Å². The van der Waals surface area contributed by atoms with E-state index >= 15 is 0 Å². The molecule has 2 aromatic rings. The van der Waals surface area contributed by atoms with Crippen molar-refractivity contribution in [2.24, 2.45) is 5.73 Å². The molecule has 2 aromatic carbocycles. The quantitative estimate of drug-likeness (QED) is 0.887. The Hall–Kier alpha value is -2.24. The highest BCUT2D eigenvalue weighted by Gasteiger charge is 2.34. The van der Waals surface area contributed by atoms with Gasteiger partial charge in [-0.05, 0) is 42.2 Å². The van der Waals surface area contributed by atoms with E-state index in [0.29, 0.717) is 18.6 Å². The van der Waals surface area contributed by atoms with E-state index in [1.165, 1.54) is 29.8 Å². The standard InChI is InChI=1S/C19H21FN2O2/c1-2-24-18-15-6-4-3-5-13(15)11-16(18)22-19(23)17(21)12-7-9-14(20)10-8-12/h3-10,16-18H,2,11,21H2,1H3,(H,22,23)/t16?,17-,18?/m0/s1. The Morgan fingerprint density at radius 1 is 1.29 bits per heavy atom. The van der Waals surface area contributed by atoms with Gasteiger partial charge >= 0.3 is 0 Å². The molecule has 0 heterocycles. The molecule has 0 saturated heterocycles. The molecular weight excluding hydrogens is 307 g/mol. The van der Waals surface area contributed by atoms with Crippen LogP contribution in [0.3, 0.4) is 0 Å². The second-order valence-corrected chi connectivity index (χ2v) is 5.92. The Balaban J connectivity index is 1.73. The predicted molar refractivity (Wildman–Crippen MR) is 89.8 cm³/mol. The van der Waals surface area contributed by atoms with Crippen LogP contribution in [0.15, 0.2) is 48.5 Å². The molecule has 0 radical (unpaired) electrons. The normalized spacial score (nSPS) is 20.5. The Morgan fingerprint density at radius 3 is 2.71 bits per heavy atom. The maximum atomic E-state index is 13.0. The van der Waals surface area contributed by atoms with Gasteiger partial charge in [-0.25, -0.2) is 4.39 Å². The van der Waals surface area contributed by atoms with E-state index in [1.54, 1.807) is 0 Å². The number of nitrogens with two attached hydrogens (primary N) is 1. The van der Waals surface area contributed by atoms with Crippen LogP contribution in [0.25, 0.3) is 0 Å². The number of fused-ring (bicyclic) bond motifs is 1. The summed E-state index contributed by atoms with van der Waals surface area (Å²) in [4.78, 5) is 12.5. The zero-order valence-corrected chi connectivity index (χ0v) is 13.5. The van der Waals surface area contributed by atoms with E-state index in [1.807, 2.05) is 31.2 Å². The van der Waals surface area contributed by atoms with Gasteiger partial charge in [0.15, 0.2) is 0 Å². The first-order valence-electron chi connectivity index (χ1n) is 8.11. The first-order valence-corrected chi connectivity index (χ1v) is 8.11. The van der Waals surface area contributed by atoms with Crippen molar-refractivity contribution in [3.05, 3.63) is 71.0 Å². The fraction of sp³-hybridized carbons (Fsp3) is 0.316. The molecule has 0 fully saturated rings. The van der Waals surface area contributed by atoms with Gasteiger partial charge < -0.3 is 15.8 Å². The van der Waals surface area contributed by atoms with Crippen LogP contribution >= 0.6 is 0 Å². The second kappa shape index (κ2) is 7.11. The van der Waals surface area contributed by atoms with Gasteiger partial charge in [-0.2, -0.15) is 0 Å². The van der Waals surface area contributed by atoms with Crippen LogP contribution < -0.4 is 11.1 Å².